The lowest BCUT2D eigenvalue weighted by Crippen LogP contribution is -2.43. The molecule has 1 aliphatic heterocycles. The molecule has 1 aromatic carbocycles. The lowest BCUT2D eigenvalue weighted by atomic mass is 9.97. The van der Waals surface area contributed by atoms with Crippen LogP contribution in [0.5, 0.6) is 0 Å². The first kappa shape index (κ1) is 12.7. The van der Waals surface area contributed by atoms with Crippen LogP contribution in [-0.2, 0) is 14.8 Å². The zero-order chi connectivity index (χ0) is 13.5. The Morgan fingerprint density at radius 3 is 2.58 bits per heavy atom. The molecule has 1 fully saturated rings. The molecule has 19 heavy (non-hydrogen) atoms. The van der Waals surface area contributed by atoms with E-state index < -0.39 is 15.3 Å². The van der Waals surface area contributed by atoms with Gasteiger partial charge in [0.15, 0.2) is 0 Å². The number of fused-ring (bicyclic) bond motifs is 1. The zero-order valence-electron chi connectivity index (χ0n) is 10.9. The first-order valence-electron chi connectivity index (χ1n) is 6.64. The van der Waals surface area contributed by atoms with Crippen LogP contribution >= 0.6 is 0 Å². The Kier molecular flexibility index (Phi) is 3.09. The minimum absolute atomic E-state index is 0.229. The van der Waals surface area contributed by atoms with E-state index in [0.717, 1.165) is 30.4 Å². The Morgan fingerprint density at radius 2 is 1.84 bits per heavy atom. The van der Waals surface area contributed by atoms with Crippen LogP contribution in [0.15, 0.2) is 28.7 Å². The van der Waals surface area contributed by atoms with Gasteiger partial charge in [-0.3, -0.25) is 0 Å². The van der Waals surface area contributed by atoms with Crippen molar-refractivity contribution >= 4 is 15.9 Å². The third-order valence-corrected chi connectivity index (χ3v) is 5.52. The van der Waals surface area contributed by atoms with Crippen LogP contribution in [0.3, 0.4) is 0 Å². The number of hydrogen-bond donors (Lipinski definition) is 0. The number of sulfonamides is 1. The first-order valence-corrected chi connectivity index (χ1v) is 8.14. The van der Waals surface area contributed by atoms with Crippen LogP contribution in [0.25, 0.3) is 0 Å². The summed E-state index contributed by atoms with van der Waals surface area (Å²) in [6.45, 7) is 1.99. The maximum Gasteiger partial charge on any atom is 0.263 e. The van der Waals surface area contributed by atoms with Gasteiger partial charge in [0.1, 0.15) is 11.4 Å². The first-order chi connectivity index (χ1) is 9.06. The number of aryl methyl sites for hydroxylation is 1. The Balaban J connectivity index is 1.99. The van der Waals surface area contributed by atoms with Crippen LogP contribution in [-0.4, -0.2) is 25.7 Å². The van der Waals surface area contributed by atoms with Gasteiger partial charge in [-0.1, -0.05) is 24.1 Å². The number of rotatable bonds is 1. The van der Waals surface area contributed by atoms with Crippen LogP contribution in [0.1, 0.15) is 36.8 Å². The lowest BCUT2D eigenvalue weighted by molar-refractivity contribution is 0.142. The summed E-state index contributed by atoms with van der Waals surface area (Å²) in [7, 11) is -3.43. The summed E-state index contributed by atoms with van der Waals surface area (Å²) in [6, 6.07) is 7.57. The van der Waals surface area contributed by atoms with Gasteiger partial charge in [0, 0.05) is 5.56 Å². The second kappa shape index (κ2) is 4.63. The number of benzene rings is 1. The van der Waals surface area contributed by atoms with E-state index in [9.17, 15) is 8.42 Å². The molecule has 2 atom stereocenters. The normalized spacial score (nSPS) is 29.0. The third kappa shape index (κ3) is 2.39. The monoisotopic (exact) mass is 279 g/mol. The molecule has 4 nitrogen and oxygen atoms in total. The maximum absolute atomic E-state index is 12.2. The largest absolute Gasteiger partial charge is 0.472 e. The summed E-state index contributed by atoms with van der Waals surface area (Å²) in [5.41, 5.74) is 1.86. The van der Waals surface area contributed by atoms with E-state index in [1.165, 1.54) is 0 Å². The van der Waals surface area contributed by atoms with Gasteiger partial charge in [0.25, 0.3) is 10.0 Å². The second-order valence-corrected chi connectivity index (χ2v) is 7.07. The number of nitrogens with zero attached hydrogens (tertiary/aromatic N) is 1. The molecule has 0 saturated heterocycles. The topological polar surface area (TPSA) is 55.7 Å². The van der Waals surface area contributed by atoms with E-state index in [0.29, 0.717) is 6.42 Å². The van der Waals surface area contributed by atoms with Crippen molar-refractivity contribution in [3.8, 4) is 0 Å². The molecular formula is C14H17NO3S. The highest BCUT2D eigenvalue weighted by atomic mass is 32.2. The predicted octanol–water partition coefficient (Wildman–Crippen LogP) is 2.41. The Hall–Kier alpha value is -1.36. The molecule has 102 valence electrons. The fraction of sp³-hybridized carbons (Fsp3) is 0.500. The van der Waals surface area contributed by atoms with Gasteiger partial charge >= 0.3 is 0 Å². The minimum Gasteiger partial charge on any atom is -0.472 e. The van der Waals surface area contributed by atoms with Gasteiger partial charge in [-0.2, -0.15) is 0 Å². The molecule has 0 spiro atoms. The average molecular weight is 279 g/mol. The Morgan fingerprint density at radius 1 is 1.16 bits per heavy atom. The molecule has 2 aliphatic rings. The SMILES string of the molecule is Cc1ccc(C2=NS(=O)(=O)C3CCCCC3O2)cc1. The smallest absolute Gasteiger partial charge is 0.263 e. The van der Waals surface area contributed by atoms with Gasteiger partial charge in [-0.15, -0.1) is 4.40 Å². The quantitative estimate of drug-likeness (QED) is 0.793. The molecule has 1 heterocycles. The molecule has 1 aromatic rings. The maximum atomic E-state index is 12.2. The van der Waals surface area contributed by atoms with E-state index in [4.69, 9.17) is 4.74 Å². The standard InChI is InChI=1S/C14H17NO3S/c1-10-6-8-11(9-7-10)14-15-19(16,17)13-5-3-2-4-12(13)18-14/h6-9,12-13H,2-5H2,1H3. The minimum atomic E-state index is -3.43. The molecule has 2 unspecified atom stereocenters. The van der Waals surface area contributed by atoms with Crippen LogP contribution < -0.4 is 0 Å². The molecule has 0 N–H and O–H groups in total. The van der Waals surface area contributed by atoms with Crippen molar-refractivity contribution < 1.29 is 13.2 Å². The summed E-state index contributed by atoms with van der Waals surface area (Å²) in [4.78, 5) is 0. The molecule has 0 bridgehead atoms. The van der Waals surface area contributed by atoms with E-state index in [1.807, 2.05) is 31.2 Å². The van der Waals surface area contributed by atoms with Crippen LogP contribution in [0.2, 0.25) is 0 Å². The van der Waals surface area contributed by atoms with Gasteiger partial charge in [0.2, 0.25) is 5.90 Å². The lowest BCUT2D eigenvalue weighted by Gasteiger charge is -2.33. The third-order valence-electron chi connectivity index (χ3n) is 3.80. The van der Waals surface area contributed by atoms with Crippen molar-refractivity contribution in [3.63, 3.8) is 0 Å². The van der Waals surface area contributed by atoms with Gasteiger partial charge in [-0.25, -0.2) is 8.42 Å². The number of ether oxygens (including phenoxy) is 1. The molecule has 1 saturated carbocycles. The second-order valence-electron chi connectivity index (χ2n) is 5.26. The highest BCUT2D eigenvalue weighted by Crippen LogP contribution is 2.32. The Labute approximate surface area is 113 Å². The summed E-state index contributed by atoms with van der Waals surface area (Å²) < 4.78 is 34.1. The Bertz CT molecular complexity index is 604. The summed E-state index contributed by atoms with van der Waals surface area (Å²) in [6.07, 6.45) is 3.20. The van der Waals surface area contributed by atoms with E-state index in [-0.39, 0.29) is 12.0 Å². The fourth-order valence-corrected chi connectivity index (χ4v) is 4.26. The van der Waals surface area contributed by atoms with Crippen molar-refractivity contribution in [1.82, 2.24) is 0 Å². The molecule has 0 amide bonds. The summed E-state index contributed by atoms with van der Waals surface area (Å²) in [5, 5.41) is -0.449. The van der Waals surface area contributed by atoms with Gasteiger partial charge in [-0.05, 0) is 38.3 Å². The fourth-order valence-electron chi connectivity index (χ4n) is 2.70. The van der Waals surface area contributed by atoms with Crippen molar-refractivity contribution in [2.24, 2.45) is 4.40 Å². The average Bonchev–Trinajstić information content (AvgIpc) is 2.39. The van der Waals surface area contributed by atoms with Crippen LogP contribution in [0.4, 0.5) is 0 Å². The van der Waals surface area contributed by atoms with E-state index >= 15 is 0 Å². The molecule has 5 heteroatoms. The van der Waals surface area contributed by atoms with Crippen molar-refractivity contribution in [2.75, 3.05) is 0 Å². The molecule has 3 rings (SSSR count). The summed E-state index contributed by atoms with van der Waals surface area (Å²) >= 11 is 0. The van der Waals surface area contributed by atoms with Crippen molar-refractivity contribution in [2.45, 2.75) is 44.0 Å². The van der Waals surface area contributed by atoms with Crippen molar-refractivity contribution in [3.05, 3.63) is 35.4 Å². The molecular weight excluding hydrogens is 262 g/mol. The molecule has 0 aromatic heterocycles. The summed E-state index contributed by atoms with van der Waals surface area (Å²) in [5.74, 6) is 0.253. The predicted molar refractivity (Wildman–Crippen MR) is 73.8 cm³/mol. The highest BCUT2D eigenvalue weighted by molar-refractivity contribution is 7.91. The molecule has 0 radical (unpaired) electrons. The highest BCUT2D eigenvalue weighted by Gasteiger charge is 2.41. The zero-order valence-corrected chi connectivity index (χ0v) is 11.7. The van der Waals surface area contributed by atoms with E-state index in [2.05, 4.69) is 4.40 Å². The number of hydrogen-bond acceptors (Lipinski definition) is 3. The van der Waals surface area contributed by atoms with Crippen LogP contribution in [0, 0.1) is 6.92 Å². The van der Waals surface area contributed by atoms with Gasteiger partial charge < -0.3 is 4.74 Å². The van der Waals surface area contributed by atoms with E-state index in [1.54, 1.807) is 0 Å². The molecule has 1 aliphatic carbocycles. The van der Waals surface area contributed by atoms with Crippen molar-refractivity contribution in [1.29, 1.82) is 0 Å². The van der Waals surface area contributed by atoms with Gasteiger partial charge in [0.05, 0.1) is 0 Å².